The van der Waals surface area contributed by atoms with Gasteiger partial charge in [-0.3, -0.25) is 4.79 Å². The molecule has 0 heterocycles. The van der Waals surface area contributed by atoms with Crippen molar-refractivity contribution in [2.75, 3.05) is 20.6 Å². The van der Waals surface area contributed by atoms with Crippen molar-refractivity contribution in [2.24, 2.45) is 0 Å². The maximum Gasteiger partial charge on any atom is 0.251 e. The molecule has 1 N–H and O–H groups in total. The fourth-order valence-corrected chi connectivity index (χ4v) is 3.36. The van der Waals surface area contributed by atoms with E-state index in [2.05, 4.69) is 41.4 Å². The molecular weight excluding hydrogens is 415 g/mol. The third kappa shape index (κ3) is 6.60. The van der Waals surface area contributed by atoms with Gasteiger partial charge in [0.15, 0.2) is 0 Å². The van der Waals surface area contributed by atoms with E-state index in [4.69, 9.17) is 11.6 Å². The molecule has 0 aliphatic carbocycles. The van der Waals surface area contributed by atoms with Crippen molar-refractivity contribution in [1.29, 1.82) is 0 Å². The second-order valence-corrected chi connectivity index (χ2v) is 8.05. The summed E-state index contributed by atoms with van der Waals surface area (Å²) in [6.45, 7) is 2.96. The predicted octanol–water partition coefficient (Wildman–Crippen LogP) is 6.16. The number of carbonyl (C=O) groups is 1. The van der Waals surface area contributed by atoms with Gasteiger partial charge < -0.3 is 10.2 Å². The van der Waals surface area contributed by atoms with Crippen LogP contribution in [0, 0.1) is 6.92 Å². The Balaban J connectivity index is 0.00000320. The molecule has 0 bridgehead atoms. The minimum Gasteiger partial charge on any atom is -0.345 e. The molecule has 30 heavy (non-hydrogen) atoms. The predicted molar refractivity (Wildman–Crippen MR) is 129 cm³/mol. The van der Waals surface area contributed by atoms with Crippen molar-refractivity contribution in [3.8, 4) is 11.1 Å². The molecule has 0 saturated carbocycles. The van der Waals surface area contributed by atoms with Crippen LogP contribution >= 0.6 is 24.0 Å². The summed E-state index contributed by atoms with van der Waals surface area (Å²) in [6.07, 6.45) is 0.846. The molecular formula is C25H28Cl2N2O. The summed E-state index contributed by atoms with van der Waals surface area (Å²) < 4.78 is 0. The van der Waals surface area contributed by atoms with Gasteiger partial charge in [0.1, 0.15) is 0 Å². The number of carbonyl (C=O) groups excluding carboxylic acids is 1. The first-order valence-electron chi connectivity index (χ1n) is 9.80. The van der Waals surface area contributed by atoms with Crippen molar-refractivity contribution in [3.05, 3.63) is 94.5 Å². The van der Waals surface area contributed by atoms with Crippen molar-refractivity contribution in [2.45, 2.75) is 19.4 Å². The molecule has 3 aromatic carbocycles. The lowest BCUT2D eigenvalue weighted by molar-refractivity contribution is 0.0933. The summed E-state index contributed by atoms with van der Waals surface area (Å²) in [4.78, 5) is 15.2. The Labute approximate surface area is 190 Å². The fourth-order valence-electron chi connectivity index (χ4n) is 3.23. The first-order chi connectivity index (χ1) is 13.9. The second kappa shape index (κ2) is 11.2. The zero-order chi connectivity index (χ0) is 20.8. The number of hydrogen-bond acceptors (Lipinski definition) is 2. The van der Waals surface area contributed by atoms with Gasteiger partial charge in [-0.2, -0.15) is 0 Å². The van der Waals surface area contributed by atoms with Crippen LogP contribution in [-0.2, 0) is 0 Å². The summed E-state index contributed by atoms with van der Waals surface area (Å²) in [5.74, 6) is -0.0647. The highest BCUT2D eigenvalue weighted by atomic mass is 35.5. The Morgan fingerprint density at radius 2 is 1.63 bits per heavy atom. The number of aryl methyl sites for hydroxylation is 1. The van der Waals surface area contributed by atoms with Crippen molar-refractivity contribution >= 4 is 29.9 Å². The molecule has 3 nitrogen and oxygen atoms in total. The number of nitrogens with one attached hydrogen (secondary N) is 1. The van der Waals surface area contributed by atoms with E-state index in [1.165, 1.54) is 5.56 Å². The quantitative estimate of drug-likeness (QED) is 0.474. The molecule has 1 unspecified atom stereocenters. The van der Waals surface area contributed by atoms with Gasteiger partial charge in [-0.15, -0.1) is 12.4 Å². The third-order valence-electron chi connectivity index (χ3n) is 4.95. The zero-order valence-corrected chi connectivity index (χ0v) is 19.1. The van der Waals surface area contributed by atoms with Gasteiger partial charge in [0.25, 0.3) is 5.91 Å². The molecule has 3 aromatic rings. The molecule has 5 heteroatoms. The SMILES string of the molecule is Cc1ccc(C(CCN(C)C)NC(=O)c2cccc(-c3ccc(Cl)cc3)c2)cc1.Cl. The Morgan fingerprint density at radius 1 is 0.967 bits per heavy atom. The molecule has 0 saturated heterocycles. The highest BCUT2D eigenvalue weighted by molar-refractivity contribution is 6.30. The Kier molecular flexibility index (Phi) is 8.91. The molecule has 0 aliphatic rings. The maximum atomic E-state index is 13.0. The van der Waals surface area contributed by atoms with E-state index < -0.39 is 0 Å². The summed E-state index contributed by atoms with van der Waals surface area (Å²) in [5.41, 5.74) is 5.02. The van der Waals surface area contributed by atoms with Crippen LogP contribution in [0.15, 0.2) is 72.8 Å². The number of benzene rings is 3. The minimum atomic E-state index is -0.0647. The standard InChI is InChI=1S/C25H27ClN2O.ClH/c1-18-7-9-20(10-8-18)24(15-16-28(2)3)27-25(29)22-6-4-5-21(17-22)19-11-13-23(26)14-12-19;/h4-14,17,24H,15-16H2,1-3H3,(H,27,29);1H. The van der Waals surface area contributed by atoms with Crippen LogP contribution in [0.25, 0.3) is 11.1 Å². The lowest BCUT2D eigenvalue weighted by Gasteiger charge is -2.22. The molecule has 0 radical (unpaired) electrons. The van der Waals surface area contributed by atoms with Crippen LogP contribution in [0.2, 0.25) is 5.02 Å². The molecule has 3 rings (SSSR count). The first kappa shape index (κ1) is 23.9. The van der Waals surface area contributed by atoms with Gasteiger partial charge in [0.05, 0.1) is 6.04 Å². The third-order valence-corrected chi connectivity index (χ3v) is 5.20. The van der Waals surface area contributed by atoms with Gasteiger partial charge >= 0.3 is 0 Å². The van der Waals surface area contributed by atoms with Gasteiger partial charge in [0.2, 0.25) is 0 Å². The number of amides is 1. The highest BCUT2D eigenvalue weighted by Gasteiger charge is 2.16. The van der Waals surface area contributed by atoms with E-state index >= 15 is 0 Å². The normalized spacial score (nSPS) is 11.6. The van der Waals surface area contributed by atoms with Crippen LogP contribution in [0.3, 0.4) is 0 Å². The van der Waals surface area contributed by atoms with Crippen LogP contribution in [0.4, 0.5) is 0 Å². The number of nitrogens with zero attached hydrogens (tertiary/aromatic N) is 1. The van der Waals surface area contributed by atoms with E-state index in [1.54, 1.807) is 0 Å². The first-order valence-corrected chi connectivity index (χ1v) is 10.2. The number of hydrogen-bond donors (Lipinski definition) is 1. The van der Waals surface area contributed by atoms with Crippen molar-refractivity contribution in [1.82, 2.24) is 10.2 Å². The van der Waals surface area contributed by atoms with Crippen molar-refractivity contribution < 1.29 is 4.79 Å². The average molecular weight is 443 g/mol. The Hall–Kier alpha value is -2.33. The lowest BCUT2D eigenvalue weighted by atomic mass is 10.00. The topological polar surface area (TPSA) is 32.3 Å². The minimum absolute atomic E-state index is 0. The number of halogens is 2. The Morgan fingerprint density at radius 3 is 2.27 bits per heavy atom. The lowest BCUT2D eigenvalue weighted by Crippen LogP contribution is -2.31. The molecule has 0 aromatic heterocycles. The zero-order valence-electron chi connectivity index (χ0n) is 17.6. The summed E-state index contributed by atoms with van der Waals surface area (Å²) in [6, 6.07) is 23.7. The maximum absolute atomic E-state index is 13.0. The smallest absolute Gasteiger partial charge is 0.251 e. The summed E-state index contributed by atoms with van der Waals surface area (Å²) in [5, 5.41) is 3.92. The Bertz CT molecular complexity index is 954. The van der Waals surface area contributed by atoms with Gasteiger partial charge in [-0.25, -0.2) is 0 Å². The largest absolute Gasteiger partial charge is 0.345 e. The number of rotatable bonds is 7. The summed E-state index contributed by atoms with van der Waals surface area (Å²) >= 11 is 5.99. The van der Waals surface area contributed by atoms with Crippen molar-refractivity contribution in [3.63, 3.8) is 0 Å². The van der Waals surface area contributed by atoms with E-state index in [-0.39, 0.29) is 24.4 Å². The fraction of sp³-hybridized carbons (Fsp3) is 0.240. The monoisotopic (exact) mass is 442 g/mol. The van der Waals surface area contributed by atoms with Gasteiger partial charge in [-0.05, 0) is 74.9 Å². The van der Waals surface area contributed by atoms with Crippen LogP contribution in [-0.4, -0.2) is 31.4 Å². The molecule has 0 spiro atoms. The molecule has 158 valence electrons. The van der Waals surface area contributed by atoms with Gasteiger partial charge in [-0.1, -0.05) is 65.7 Å². The molecule has 1 amide bonds. The molecule has 0 fully saturated rings. The second-order valence-electron chi connectivity index (χ2n) is 7.62. The van der Waals surface area contributed by atoms with Crippen LogP contribution in [0.1, 0.15) is 33.9 Å². The van der Waals surface area contributed by atoms with Gasteiger partial charge in [0, 0.05) is 10.6 Å². The van der Waals surface area contributed by atoms with Crippen LogP contribution < -0.4 is 5.32 Å². The molecule has 1 atom stereocenters. The van der Waals surface area contributed by atoms with E-state index in [9.17, 15) is 4.79 Å². The highest BCUT2D eigenvalue weighted by Crippen LogP contribution is 2.23. The van der Waals surface area contributed by atoms with E-state index in [1.807, 2.05) is 62.6 Å². The molecule has 0 aliphatic heterocycles. The van der Waals surface area contributed by atoms with E-state index in [0.717, 1.165) is 29.7 Å². The van der Waals surface area contributed by atoms with E-state index in [0.29, 0.717) is 10.6 Å². The van der Waals surface area contributed by atoms with Crippen LogP contribution in [0.5, 0.6) is 0 Å². The summed E-state index contributed by atoms with van der Waals surface area (Å²) in [7, 11) is 4.09. The average Bonchev–Trinajstić information content (AvgIpc) is 2.72.